The highest BCUT2D eigenvalue weighted by molar-refractivity contribution is 6.03. The van der Waals surface area contributed by atoms with Crippen LogP contribution >= 0.6 is 0 Å². The third-order valence-electron chi connectivity index (χ3n) is 6.57. The molecule has 3 heterocycles. The fourth-order valence-corrected chi connectivity index (χ4v) is 5.06. The van der Waals surface area contributed by atoms with Gasteiger partial charge in [0, 0.05) is 11.7 Å². The van der Waals surface area contributed by atoms with Crippen molar-refractivity contribution in [2.75, 3.05) is 11.4 Å². The molecule has 2 amide bonds. The molecule has 5 nitrogen and oxygen atoms in total. The maximum Gasteiger partial charge on any atom is 0.234 e. The number of carbonyl (C=O) groups is 2. The summed E-state index contributed by atoms with van der Waals surface area (Å²) in [6.07, 6.45) is 5.38. The van der Waals surface area contributed by atoms with E-state index in [4.69, 9.17) is 4.74 Å². The predicted molar refractivity (Wildman–Crippen MR) is 115 cm³/mol. The van der Waals surface area contributed by atoms with Gasteiger partial charge in [-0.1, -0.05) is 60.7 Å². The highest BCUT2D eigenvalue weighted by Crippen LogP contribution is 2.52. The van der Waals surface area contributed by atoms with Crippen LogP contribution in [0.5, 0.6) is 0 Å². The number of para-hydroxylation sites is 1. The van der Waals surface area contributed by atoms with Gasteiger partial charge in [0.2, 0.25) is 11.8 Å². The zero-order valence-electron chi connectivity index (χ0n) is 17.0. The molecule has 3 unspecified atom stereocenters. The Morgan fingerprint density at radius 1 is 1.17 bits per heavy atom. The Labute approximate surface area is 176 Å². The highest BCUT2D eigenvalue weighted by atomic mass is 16.5. The Kier molecular flexibility index (Phi) is 4.70. The number of nitrogens with zero attached hydrogens (tertiary/aromatic N) is 1. The van der Waals surface area contributed by atoms with Gasteiger partial charge in [0.05, 0.1) is 24.5 Å². The third kappa shape index (κ3) is 3.14. The second-order valence-electron chi connectivity index (χ2n) is 8.59. The second-order valence-corrected chi connectivity index (χ2v) is 8.59. The maximum absolute atomic E-state index is 13.3. The van der Waals surface area contributed by atoms with Crippen LogP contribution in [0, 0.1) is 11.8 Å². The van der Waals surface area contributed by atoms with Crippen molar-refractivity contribution in [3.63, 3.8) is 0 Å². The number of benzene rings is 2. The van der Waals surface area contributed by atoms with Crippen LogP contribution in [0.1, 0.15) is 18.9 Å². The minimum absolute atomic E-state index is 0.0230. The van der Waals surface area contributed by atoms with Gasteiger partial charge >= 0.3 is 0 Å². The van der Waals surface area contributed by atoms with Crippen molar-refractivity contribution >= 4 is 17.5 Å². The summed E-state index contributed by atoms with van der Waals surface area (Å²) >= 11 is 0. The topological polar surface area (TPSA) is 58.6 Å². The van der Waals surface area contributed by atoms with Crippen molar-refractivity contribution in [3.05, 3.63) is 78.4 Å². The molecule has 154 valence electrons. The van der Waals surface area contributed by atoms with Gasteiger partial charge in [0.15, 0.2) is 0 Å². The van der Waals surface area contributed by atoms with E-state index in [2.05, 4.69) is 17.4 Å². The lowest BCUT2D eigenvalue weighted by molar-refractivity contribution is -0.132. The van der Waals surface area contributed by atoms with Crippen molar-refractivity contribution in [2.24, 2.45) is 11.8 Å². The molecule has 5 rings (SSSR count). The quantitative estimate of drug-likeness (QED) is 0.756. The molecule has 2 fully saturated rings. The van der Waals surface area contributed by atoms with Gasteiger partial charge in [0.25, 0.3) is 0 Å². The molecular weight excluding hydrogens is 376 g/mol. The number of nitrogens with one attached hydrogen (secondary N) is 1. The van der Waals surface area contributed by atoms with Crippen molar-refractivity contribution in [1.82, 2.24) is 5.32 Å². The minimum Gasteiger partial charge on any atom is -0.360 e. The molecule has 5 heteroatoms. The van der Waals surface area contributed by atoms with Gasteiger partial charge in [-0.2, -0.15) is 0 Å². The Morgan fingerprint density at radius 2 is 1.87 bits per heavy atom. The number of carbonyl (C=O) groups excluding carboxylic acids is 2. The molecule has 0 aromatic heterocycles. The molecule has 0 radical (unpaired) electrons. The highest BCUT2D eigenvalue weighted by Gasteiger charge is 2.67. The van der Waals surface area contributed by atoms with E-state index in [0.29, 0.717) is 6.54 Å². The minimum atomic E-state index is -0.688. The van der Waals surface area contributed by atoms with E-state index in [9.17, 15) is 9.59 Å². The van der Waals surface area contributed by atoms with Gasteiger partial charge in [-0.3, -0.25) is 9.59 Å². The molecule has 30 heavy (non-hydrogen) atoms. The molecule has 0 aliphatic carbocycles. The third-order valence-corrected chi connectivity index (χ3v) is 6.57. The molecular formula is C25H26N2O3. The molecule has 1 N–H and O–H groups in total. The van der Waals surface area contributed by atoms with Crippen LogP contribution in [0.3, 0.4) is 0 Å². The zero-order valence-corrected chi connectivity index (χ0v) is 17.0. The van der Waals surface area contributed by atoms with E-state index in [1.807, 2.05) is 67.6 Å². The number of aryl methyl sites for hydroxylation is 1. The Balaban J connectivity index is 1.29. The number of rotatable bonds is 6. The standard InChI is InChI=1S/C25H26N2O3/c1-17(12-13-18-8-4-2-5-9-18)26-23(28)21-20-14-15-25(30-20)16-27(24(29)22(21)25)19-10-6-3-7-11-19/h2-11,14-15,17,20-22H,12-13,16H2,1H3,(H,26,28)/t17?,20-,21?,22?,25-/m1/s1. The molecule has 2 saturated heterocycles. The Bertz CT molecular complexity index is 974. The average Bonchev–Trinajstić information content (AvgIpc) is 3.42. The Morgan fingerprint density at radius 3 is 2.60 bits per heavy atom. The number of ether oxygens (including phenoxy) is 1. The smallest absolute Gasteiger partial charge is 0.234 e. The number of amides is 2. The van der Waals surface area contributed by atoms with E-state index in [1.165, 1.54) is 5.56 Å². The molecule has 1 spiro atoms. The molecule has 3 aliphatic heterocycles. The van der Waals surface area contributed by atoms with Crippen LogP contribution in [0.15, 0.2) is 72.8 Å². The first-order chi connectivity index (χ1) is 14.6. The zero-order chi connectivity index (χ0) is 20.7. The summed E-state index contributed by atoms with van der Waals surface area (Å²) in [7, 11) is 0. The molecule has 5 atom stereocenters. The summed E-state index contributed by atoms with van der Waals surface area (Å²) < 4.78 is 6.22. The number of anilines is 1. The van der Waals surface area contributed by atoms with Gasteiger partial charge in [-0.05, 0) is 37.5 Å². The van der Waals surface area contributed by atoms with Gasteiger partial charge in [0.1, 0.15) is 5.60 Å². The lowest BCUT2D eigenvalue weighted by Gasteiger charge is -2.25. The predicted octanol–water partition coefficient (Wildman–Crippen LogP) is 3.11. The molecule has 2 aromatic carbocycles. The van der Waals surface area contributed by atoms with Crippen LogP contribution in [-0.2, 0) is 20.7 Å². The van der Waals surface area contributed by atoms with Crippen LogP contribution in [0.2, 0.25) is 0 Å². The van der Waals surface area contributed by atoms with E-state index in [0.717, 1.165) is 18.5 Å². The average molecular weight is 402 g/mol. The fourth-order valence-electron chi connectivity index (χ4n) is 5.06. The first-order valence-electron chi connectivity index (χ1n) is 10.7. The van der Waals surface area contributed by atoms with Crippen molar-refractivity contribution in [1.29, 1.82) is 0 Å². The van der Waals surface area contributed by atoms with Gasteiger partial charge < -0.3 is 15.0 Å². The molecule has 2 bridgehead atoms. The van der Waals surface area contributed by atoms with Gasteiger partial charge in [-0.25, -0.2) is 0 Å². The lowest BCUT2D eigenvalue weighted by atomic mass is 9.76. The fraction of sp³-hybridized carbons (Fsp3) is 0.360. The second kappa shape index (κ2) is 7.40. The molecule has 3 aliphatic rings. The van der Waals surface area contributed by atoms with Crippen molar-refractivity contribution in [2.45, 2.75) is 37.5 Å². The normalized spacial score (nSPS) is 29.8. The largest absolute Gasteiger partial charge is 0.360 e. The molecule has 2 aromatic rings. The first-order valence-corrected chi connectivity index (χ1v) is 10.7. The summed E-state index contributed by atoms with van der Waals surface area (Å²) in [6.45, 7) is 2.48. The van der Waals surface area contributed by atoms with Crippen LogP contribution < -0.4 is 10.2 Å². The van der Waals surface area contributed by atoms with E-state index >= 15 is 0 Å². The summed E-state index contributed by atoms with van der Waals surface area (Å²) in [4.78, 5) is 28.3. The van der Waals surface area contributed by atoms with Gasteiger partial charge in [-0.15, -0.1) is 0 Å². The lowest BCUT2D eigenvalue weighted by Crippen LogP contribution is -2.46. The van der Waals surface area contributed by atoms with E-state index in [-0.39, 0.29) is 24.0 Å². The van der Waals surface area contributed by atoms with Crippen LogP contribution in [0.4, 0.5) is 5.69 Å². The monoisotopic (exact) mass is 402 g/mol. The summed E-state index contributed by atoms with van der Waals surface area (Å²) in [5.41, 5.74) is 1.42. The number of fused-ring (bicyclic) bond motifs is 1. The summed E-state index contributed by atoms with van der Waals surface area (Å²) in [6, 6.07) is 19.9. The first kappa shape index (κ1) is 19.1. The molecule has 0 saturated carbocycles. The van der Waals surface area contributed by atoms with Crippen molar-refractivity contribution in [3.8, 4) is 0 Å². The van der Waals surface area contributed by atoms with E-state index < -0.39 is 17.4 Å². The van der Waals surface area contributed by atoms with Crippen LogP contribution in [0.25, 0.3) is 0 Å². The van der Waals surface area contributed by atoms with Crippen LogP contribution in [-0.4, -0.2) is 36.1 Å². The van der Waals surface area contributed by atoms with Crippen molar-refractivity contribution < 1.29 is 14.3 Å². The number of hydrogen-bond donors (Lipinski definition) is 1. The summed E-state index contributed by atoms with van der Waals surface area (Å²) in [5.74, 6) is -1.05. The number of hydrogen-bond acceptors (Lipinski definition) is 3. The maximum atomic E-state index is 13.3. The summed E-state index contributed by atoms with van der Waals surface area (Å²) in [5, 5.41) is 3.14. The SMILES string of the molecule is CC(CCc1ccccc1)NC(=O)C1C2C(=O)N(c3ccccc3)C[C@]23C=C[C@H]1O3. The Hall–Kier alpha value is -2.92. The van der Waals surface area contributed by atoms with E-state index in [1.54, 1.807) is 4.90 Å².